The summed E-state index contributed by atoms with van der Waals surface area (Å²) in [6.45, 7) is 4.99. The van der Waals surface area contributed by atoms with Gasteiger partial charge in [-0.05, 0) is 55.0 Å². The molecule has 168 valence electrons. The number of nitrogens with zero attached hydrogens (tertiary/aromatic N) is 6. The second kappa shape index (κ2) is 7.88. The van der Waals surface area contributed by atoms with Gasteiger partial charge in [0.05, 0.1) is 23.6 Å². The largest absolute Gasteiger partial charge is 0.423 e. The number of amides is 1. The van der Waals surface area contributed by atoms with Gasteiger partial charge in [0.1, 0.15) is 5.52 Å². The van der Waals surface area contributed by atoms with Crippen molar-refractivity contribution in [3.63, 3.8) is 0 Å². The van der Waals surface area contributed by atoms with E-state index in [1.807, 2.05) is 48.2 Å². The highest BCUT2D eigenvalue weighted by Crippen LogP contribution is 2.34. The molecular weight excluding hydrogens is 440 g/mol. The van der Waals surface area contributed by atoms with Crippen LogP contribution in [0.4, 0.5) is 6.01 Å². The lowest BCUT2D eigenvalue weighted by Gasteiger charge is -2.45. The van der Waals surface area contributed by atoms with Crippen LogP contribution in [0.25, 0.3) is 16.8 Å². The molecule has 0 spiro atoms. The van der Waals surface area contributed by atoms with Crippen molar-refractivity contribution in [1.29, 1.82) is 0 Å². The molecular formula is C24H23ClN6O2. The molecule has 2 unspecified atom stereocenters. The van der Waals surface area contributed by atoms with Gasteiger partial charge in [0.25, 0.3) is 11.9 Å². The third-order valence-electron chi connectivity index (χ3n) is 6.58. The summed E-state index contributed by atoms with van der Waals surface area (Å²) >= 11 is 6.10. The number of fused-ring (bicyclic) bond motifs is 3. The van der Waals surface area contributed by atoms with E-state index in [1.165, 1.54) is 4.80 Å². The molecule has 1 amide bonds. The van der Waals surface area contributed by atoms with Crippen molar-refractivity contribution >= 4 is 34.6 Å². The van der Waals surface area contributed by atoms with Crippen LogP contribution in [0.2, 0.25) is 5.02 Å². The number of hydrogen-bond acceptors (Lipinski definition) is 6. The summed E-state index contributed by atoms with van der Waals surface area (Å²) in [7, 11) is 0. The van der Waals surface area contributed by atoms with Crippen LogP contribution in [-0.4, -0.2) is 57.0 Å². The smallest absolute Gasteiger partial charge is 0.298 e. The van der Waals surface area contributed by atoms with Crippen LogP contribution < -0.4 is 4.90 Å². The van der Waals surface area contributed by atoms with Gasteiger partial charge in [0, 0.05) is 31.2 Å². The van der Waals surface area contributed by atoms with Crippen LogP contribution in [0.15, 0.2) is 53.2 Å². The van der Waals surface area contributed by atoms with Crippen LogP contribution in [0.5, 0.6) is 0 Å². The monoisotopic (exact) mass is 462 g/mol. The van der Waals surface area contributed by atoms with Gasteiger partial charge in [-0.3, -0.25) is 4.79 Å². The minimum Gasteiger partial charge on any atom is -0.423 e. The van der Waals surface area contributed by atoms with Gasteiger partial charge in [0.2, 0.25) is 0 Å². The number of halogens is 1. The lowest BCUT2D eigenvalue weighted by molar-refractivity contribution is 0.0560. The summed E-state index contributed by atoms with van der Waals surface area (Å²) < 4.78 is 6.00. The van der Waals surface area contributed by atoms with E-state index < -0.39 is 0 Å². The molecule has 2 aliphatic heterocycles. The number of carbonyl (C=O) groups is 1. The van der Waals surface area contributed by atoms with Crippen molar-refractivity contribution in [2.24, 2.45) is 11.8 Å². The highest BCUT2D eigenvalue weighted by Gasteiger charge is 2.38. The molecule has 2 atom stereocenters. The zero-order valence-electron chi connectivity index (χ0n) is 18.2. The molecule has 2 aromatic heterocycles. The number of oxazole rings is 1. The maximum atomic E-state index is 13.7. The van der Waals surface area contributed by atoms with Crippen molar-refractivity contribution in [3.8, 4) is 5.69 Å². The lowest BCUT2D eigenvalue weighted by Crippen LogP contribution is -2.54. The number of hydrogen-bond donors (Lipinski definition) is 0. The van der Waals surface area contributed by atoms with Crippen LogP contribution in [0.1, 0.15) is 22.3 Å². The fourth-order valence-corrected chi connectivity index (χ4v) is 5.39. The maximum absolute atomic E-state index is 13.7. The molecule has 4 aromatic rings. The molecule has 33 heavy (non-hydrogen) atoms. The molecule has 9 heteroatoms. The van der Waals surface area contributed by atoms with E-state index >= 15 is 0 Å². The Morgan fingerprint density at radius 2 is 1.82 bits per heavy atom. The Morgan fingerprint density at radius 3 is 2.58 bits per heavy atom. The first kappa shape index (κ1) is 20.2. The summed E-state index contributed by atoms with van der Waals surface area (Å²) in [4.78, 5) is 24.1. The van der Waals surface area contributed by atoms with E-state index in [0.717, 1.165) is 36.2 Å². The van der Waals surface area contributed by atoms with Crippen LogP contribution >= 0.6 is 11.6 Å². The summed E-state index contributed by atoms with van der Waals surface area (Å²) in [6.07, 6.45) is 4.35. The number of carbonyl (C=O) groups excluding carboxylic acids is 1. The third-order valence-corrected chi connectivity index (χ3v) is 6.81. The highest BCUT2D eigenvalue weighted by molar-refractivity contribution is 6.31. The fourth-order valence-electron chi connectivity index (χ4n) is 5.22. The van der Waals surface area contributed by atoms with Gasteiger partial charge in [-0.2, -0.15) is 20.0 Å². The fraction of sp³-hybridized carbons (Fsp3) is 0.333. The molecule has 2 aromatic carbocycles. The molecule has 0 N–H and O–H groups in total. The molecule has 0 aliphatic carbocycles. The molecule has 2 saturated heterocycles. The van der Waals surface area contributed by atoms with Crippen molar-refractivity contribution in [3.05, 3.63) is 64.9 Å². The van der Waals surface area contributed by atoms with Crippen molar-refractivity contribution in [1.82, 2.24) is 24.9 Å². The number of rotatable bonds is 3. The number of benzene rings is 2. The molecule has 2 aliphatic rings. The Hall–Kier alpha value is -3.39. The summed E-state index contributed by atoms with van der Waals surface area (Å²) in [6, 6.07) is 11.9. The van der Waals surface area contributed by atoms with E-state index in [-0.39, 0.29) is 5.91 Å². The van der Waals surface area contributed by atoms with Gasteiger partial charge in [-0.15, -0.1) is 0 Å². The number of aryl methyl sites for hydroxylation is 1. The minimum atomic E-state index is 0.0417. The second-order valence-electron chi connectivity index (χ2n) is 8.98. The SMILES string of the molecule is Cc1cccc(-n2nccn2)c1C(=O)N1CC2CC(C1)CN(c1nc3cc(Cl)ccc3o1)C2. The molecule has 8 nitrogen and oxygen atoms in total. The quantitative estimate of drug-likeness (QED) is 0.458. The first-order chi connectivity index (χ1) is 16.0. The molecule has 0 saturated carbocycles. The second-order valence-corrected chi connectivity index (χ2v) is 9.42. The van der Waals surface area contributed by atoms with Crippen molar-refractivity contribution < 1.29 is 9.21 Å². The van der Waals surface area contributed by atoms with Gasteiger partial charge in [-0.1, -0.05) is 23.7 Å². The van der Waals surface area contributed by atoms with Crippen LogP contribution in [0.3, 0.4) is 0 Å². The lowest BCUT2D eigenvalue weighted by atomic mass is 9.84. The predicted molar refractivity (Wildman–Crippen MR) is 125 cm³/mol. The molecule has 0 radical (unpaired) electrons. The minimum absolute atomic E-state index is 0.0417. The Labute approximate surface area is 195 Å². The number of anilines is 1. The third kappa shape index (κ3) is 3.64. The Balaban J connectivity index is 1.24. The average molecular weight is 463 g/mol. The molecule has 2 fully saturated rings. The van der Waals surface area contributed by atoms with E-state index in [4.69, 9.17) is 16.0 Å². The van der Waals surface area contributed by atoms with Gasteiger partial charge >= 0.3 is 0 Å². The zero-order chi connectivity index (χ0) is 22.5. The van der Waals surface area contributed by atoms with Crippen LogP contribution in [-0.2, 0) is 0 Å². The van der Waals surface area contributed by atoms with Crippen LogP contribution in [0, 0.1) is 18.8 Å². The zero-order valence-corrected chi connectivity index (χ0v) is 18.9. The first-order valence-electron chi connectivity index (χ1n) is 11.1. The van der Waals surface area contributed by atoms with Gasteiger partial charge in [-0.25, -0.2) is 0 Å². The molecule has 2 bridgehead atoms. The topological polar surface area (TPSA) is 80.3 Å². The Kier molecular flexibility index (Phi) is 4.83. The Morgan fingerprint density at radius 1 is 1.06 bits per heavy atom. The average Bonchev–Trinajstić information content (AvgIpc) is 3.47. The Bertz CT molecular complexity index is 1320. The normalized spacial score (nSPS) is 20.4. The maximum Gasteiger partial charge on any atom is 0.298 e. The summed E-state index contributed by atoms with van der Waals surface area (Å²) in [5, 5.41) is 9.13. The predicted octanol–water partition coefficient (Wildman–Crippen LogP) is 3.97. The molecule has 6 rings (SSSR count). The van der Waals surface area contributed by atoms with Crippen molar-refractivity contribution in [2.75, 3.05) is 31.1 Å². The summed E-state index contributed by atoms with van der Waals surface area (Å²) in [5.41, 5.74) is 3.82. The van der Waals surface area contributed by atoms with E-state index in [9.17, 15) is 4.79 Å². The number of aromatic nitrogens is 4. The number of piperidine rings is 2. The van der Waals surface area contributed by atoms with Crippen molar-refractivity contribution in [2.45, 2.75) is 13.3 Å². The number of likely N-dealkylation sites (tertiary alicyclic amines) is 1. The first-order valence-corrected chi connectivity index (χ1v) is 11.5. The van der Waals surface area contributed by atoms with E-state index in [2.05, 4.69) is 20.1 Å². The van der Waals surface area contributed by atoms with E-state index in [1.54, 1.807) is 12.4 Å². The van der Waals surface area contributed by atoms with Gasteiger partial charge < -0.3 is 14.2 Å². The molecule has 4 heterocycles. The standard InChI is InChI=1S/C24H23ClN6O2/c1-15-3-2-4-20(31-26-7-8-27-31)22(15)23(32)29-11-16-9-17(12-29)14-30(13-16)24-28-19-10-18(25)5-6-21(19)33-24/h2-8,10,16-17H,9,11-14H2,1H3. The summed E-state index contributed by atoms with van der Waals surface area (Å²) in [5.74, 6) is 0.755. The van der Waals surface area contributed by atoms with E-state index in [0.29, 0.717) is 47.2 Å². The van der Waals surface area contributed by atoms with Gasteiger partial charge in [0.15, 0.2) is 5.58 Å². The highest BCUT2D eigenvalue weighted by atomic mass is 35.5.